The molecule has 1 aromatic rings. The molecule has 0 aliphatic rings. The van der Waals surface area contributed by atoms with Crippen LogP contribution < -0.4 is 5.32 Å². The molecule has 0 saturated heterocycles. The Hall–Kier alpha value is -1.64. The van der Waals surface area contributed by atoms with Crippen LogP contribution in [0.5, 0.6) is 0 Å². The monoisotopic (exact) mass is 262 g/mol. The molecule has 1 heterocycles. The van der Waals surface area contributed by atoms with Crippen LogP contribution in [0.25, 0.3) is 0 Å². The first-order valence-corrected chi connectivity index (χ1v) is 4.95. The Morgan fingerprint density at radius 1 is 1.28 bits per heavy atom. The predicted octanol–water partition coefficient (Wildman–Crippen LogP) is -1.19. The highest BCUT2D eigenvalue weighted by atomic mass is 19.2. The quantitative estimate of drug-likeness (QED) is 0.499. The van der Waals surface area contributed by atoms with Crippen molar-refractivity contribution < 1.29 is 28.9 Å². The molecule has 0 aliphatic carbocycles. The summed E-state index contributed by atoms with van der Waals surface area (Å²) in [6, 6.07) is 0.935. The highest BCUT2D eigenvalue weighted by Crippen LogP contribution is 2.11. The summed E-state index contributed by atoms with van der Waals surface area (Å²) in [7, 11) is 0. The second kappa shape index (κ2) is 5.80. The molecule has 0 aromatic carbocycles. The van der Waals surface area contributed by atoms with Crippen molar-refractivity contribution in [3.63, 3.8) is 0 Å². The number of halogens is 2. The van der Waals surface area contributed by atoms with Crippen LogP contribution >= 0.6 is 0 Å². The average molecular weight is 262 g/mol. The summed E-state index contributed by atoms with van der Waals surface area (Å²) in [5.41, 5.74) is -2.34. The molecule has 1 aromatic heterocycles. The molecule has 0 fully saturated rings. The minimum atomic E-state index is -1.71. The highest BCUT2D eigenvalue weighted by Gasteiger charge is 2.31. The third kappa shape index (κ3) is 2.78. The van der Waals surface area contributed by atoms with E-state index in [2.05, 4.69) is 4.98 Å². The number of nitrogens with zero attached hydrogens (tertiary/aromatic N) is 1. The summed E-state index contributed by atoms with van der Waals surface area (Å²) in [5.74, 6) is -3.96. The van der Waals surface area contributed by atoms with Gasteiger partial charge in [-0.1, -0.05) is 0 Å². The van der Waals surface area contributed by atoms with Crippen molar-refractivity contribution >= 4 is 5.91 Å². The molecular weight excluding hydrogens is 250 g/mol. The van der Waals surface area contributed by atoms with E-state index in [-0.39, 0.29) is 0 Å². The van der Waals surface area contributed by atoms with Gasteiger partial charge in [-0.2, -0.15) is 4.39 Å². The lowest BCUT2D eigenvalue weighted by molar-refractivity contribution is 0.0373. The Labute approximate surface area is 101 Å². The molecule has 100 valence electrons. The third-order valence-corrected chi connectivity index (χ3v) is 2.38. The van der Waals surface area contributed by atoms with E-state index in [0.29, 0.717) is 0 Å². The van der Waals surface area contributed by atoms with Gasteiger partial charge in [-0.05, 0) is 6.07 Å². The molecule has 0 spiro atoms. The summed E-state index contributed by atoms with van der Waals surface area (Å²) in [6.45, 7) is -2.29. The van der Waals surface area contributed by atoms with E-state index in [4.69, 9.17) is 15.3 Å². The van der Waals surface area contributed by atoms with E-state index in [1.54, 1.807) is 0 Å². The minimum absolute atomic E-state index is 0.637. The number of carbonyl (C=O) groups excluding carboxylic acids is 1. The number of aromatic nitrogens is 1. The van der Waals surface area contributed by atoms with Crippen molar-refractivity contribution in [2.45, 2.75) is 5.54 Å². The van der Waals surface area contributed by atoms with E-state index in [1.807, 2.05) is 5.32 Å². The van der Waals surface area contributed by atoms with Gasteiger partial charge in [0.25, 0.3) is 5.91 Å². The van der Waals surface area contributed by atoms with Crippen LogP contribution in [0.3, 0.4) is 0 Å². The largest absolute Gasteiger partial charge is 0.394 e. The SMILES string of the molecule is O=C(NC(CO)(CO)CO)c1ccnc(F)c1F. The fraction of sp³-hybridized carbons (Fsp3) is 0.400. The number of rotatable bonds is 5. The van der Waals surface area contributed by atoms with Gasteiger partial charge in [-0.3, -0.25) is 4.79 Å². The fourth-order valence-corrected chi connectivity index (χ4v) is 1.17. The molecule has 18 heavy (non-hydrogen) atoms. The maximum atomic E-state index is 13.3. The Kier molecular flexibility index (Phi) is 4.65. The Bertz CT molecular complexity index is 430. The molecule has 6 nitrogen and oxygen atoms in total. The van der Waals surface area contributed by atoms with E-state index >= 15 is 0 Å². The topological polar surface area (TPSA) is 103 Å². The van der Waals surface area contributed by atoms with Gasteiger partial charge in [0.15, 0.2) is 5.82 Å². The van der Waals surface area contributed by atoms with Crippen LogP contribution in [0.4, 0.5) is 8.78 Å². The number of carbonyl (C=O) groups is 1. The molecule has 8 heteroatoms. The van der Waals surface area contributed by atoms with Gasteiger partial charge in [0.1, 0.15) is 5.54 Å². The standard InChI is InChI=1S/C10H12F2N2O4/c11-7-6(1-2-13-8(7)12)9(18)14-10(3-15,4-16)5-17/h1-2,15-17H,3-5H2,(H,14,18). The zero-order chi connectivity index (χ0) is 13.8. The lowest BCUT2D eigenvalue weighted by atomic mass is 10.0. The number of amides is 1. The predicted molar refractivity (Wildman–Crippen MR) is 55.6 cm³/mol. The molecule has 1 amide bonds. The zero-order valence-electron chi connectivity index (χ0n) is 9.23. The third-order valence-electron chi connectivity index (χ3n) is 2.38. The Morgan fingerprint density at radius 3 is 2.33 bits per heavy atom. The lowest BCUT2D eigenvalue weighted by Gasteiger charge is -2.28. The summed E-state index contributed by atoms with van der Waals surface area (Å²) >= 11 is 0. The van der Waals surface area contributed by atoms with Gasteiger partial charge in [0.05, 0.1) is 25.4 Å². The van der Waals surface area contributed by atoms with E-state index in [9.17, 15) is 13.6 Å². The highest BCUT2D eigenvalue weighted by molar-refractivity contribution is 5.94. The Balaban J connectivity index is 2.98. The smallest absolute Gasteiger partial charge is 0.255 e. The average Bonchev–Trinajstić information content (AvgIpc) is 2.39. The van der Waals surface area contributed by atoms with Gasteiger partial charge in [-0.15, -0.1) is 0 Å². The molecule has 0 atom stereocenters. The number of nitrogens with one attached hydrogen (secondary N) is 1. The second-order valence-electron chi connectivity index (χ2n) is 3.67. The molecule has 0 bridgehead atoms. The maximum Gasteiger partial charge on any atom is 0.255 e. The number of aliphatic hydroxyl groups is 3. The maximum absolute atomic E-state index is 13.3. The van der Waals surface area contributed by atoms with Crippen molar-refractivity contribution in [1.82, 2.24) is 10.3 Å². The van der Waals surface area contributed by atoms with Gasteiger partial charge in [0, 0.05) is 6.20 Å². The molecule has 0 saturated carbocycles. The summed E-state index contributed by atoms with van der Waals surface area (Å²) in [4.78, 5) is 14.6. The first-order valence-electron chi connectivity index (χ1n) is 4.95. The van der Waals surface area contributed by atoms with Crippen LogP contribution in [-0.2, 0) is 0 Å². The van der Waals surface area contributed by atoms with Crippen molar-refractivity contribution in [3.8, 4) is 0 Å². The fourth-order valence-electron chi connectivity index (χ4n) is 1.17. The summed E-state index contributed by atoms with van der Waals surface area (Å²) in [6.07, 6.45) is 0.895. The van der Waals surface area contributed by atoms with Gasteiger partial charge < -0.3 is 20.6 Å². The first kappa shape index (κ1) is 14.4. The van der Waals surface area contributed by atoms with Crippen molar-refractivity contribution in [2.24, 2.45) is 0 Å². The molecule has 4 N–H and O–H groups in total. The number of hydrogen-bond donors (Lipinski definition) is 4. The molecular formula is C10H12F2N2O4. The van der Waals surface area contributed by atoms with Crippen molar-refractivity contribution in [3.05, 3.63) is 29.6 Å². The number of hydrogen-bond acceptors (Lipinski definition) is 5. The normalized spacial score (nSPS) is 11.4. The van der Waals surface area contributed by atoms with Crippen LogP contribution in [0.1, 0.15) is 10.4 Å². The van der Waals surface area contributed by atoms with Gasteiger partial charge >= 0.3 is 0 Å². The van der Waals surface area contributed by atoms with Crippen LogP contribution in [0.2, 0.25) is 0 Å². The van der Waals surface area contributed by atoms with Crippen molar-refractivity contribution in [1.29, 1.82) is 0 Å². The van der Waals surface area contributed by atoms with Crippen LogP contribution in [0.15, 0.2) is 12.3 Å². The molecule has 1 rings (SSSR count). The second-order valence-corrected chi connectivity index (χ2v) is 3.67. The van der Waals surface area contributed by atoms with E-state index in [1.165, 1.54) is 0 Å². The summed E-state index contributed by atoms with van der Waals surface area (Å²) in [5, 5.41) is 29.0. The first-order chi connectivity index (χ1) is 8.49. The van der Waals surface area contributed by atoms with Gasteiger partial charge in [0.2, 0.25) is 5.95 Å². The van der Waals surface area contributed by atoms with Crippen LogP contribution in [0, 0.1) is 11.8 Å². The van der Waals surface area contributed by atoms with E-state index < -0.39 is 48.6 Å². The molecule has 0 radical (unpaired) electrons. The number of aliphatic hydroxyl groups excluding tert-OH is 3. The lowest BCUT2D eigenvalue weighted by Crippen LogP contribution is -2.57. The van der Waals surface area contributed by atoms with Gasteiger partial charge in [-0.25, -0.2) is 9.37 Å². The van der Waals surface area contributed by atoms with Crippen molar-refractivity contribution in [2.75, 3.05) is 19.8 Å². The van der Waals surface area contributed by atoms with Crippen LogP contribution in [-0.4, -0.2) is 51.6 Å². The zero-order valence-corrected chi connectivity index (χ0v) is 9.23. The molecule has 0 unspecified atom stereocenters. The minimum Gasteiger partial charge on any atom is -0.394 e. The number of pyridine rings is 1. The van der Waals surface area contributed by atoms with E-state index in [0.717, 1.165) is 12.3 Å². The Morgan fingerprint density at radius 2 is 1.83 bits per heavy atom. The molecule has 0 aliphatic heterocycles. The summed E-state index contributed by atoms with van der Waals surface area (Å²) < 4.78 is 26.1.